The van der Waals surface area contributed by atoms with Crippen LogP contribution in [-0.2, 0) is 9.53 Å². The smallest absolute Gasteiger partial charge is 0.208 e. The molecule has 2 aliphatic heterocycles. The molecule has 6 fully saturated rings. The summed E-state index contributed by atoms with van der Waals surface area (Å²) in [4.78, 5) is 13.3. The van der Waals surface area contributed by atoms with Crippen molar-refractivity contribution in [1.29, 1.82) is 0 Å². The maximum absolute atomic E-state index is 13.3. The third-order valence-corrected chi connectivity index (χ3v) is 8.88. The van der Waals surface area contributed by atoms with E-state index in [2.05, 4.69) is 6.58 Å². The Hall–Kier alpha value is -0.790. The molecule has 6 heteroatoms. The number of aliphatic hydroxyl groups is 4. The second-order valence-electron chi connectivity index (χ2n) is 9.97. The molecule has 6 nitrogen and oxygen atoms in total. The molecule has 2 heterocycles. The summed E-state index contributed by atoms with van der Waals surface area (Å²) in [5, 5.41) is 45.1. The van der Waals surface area contributed by atoms with Gasteiger partial charge in [-0.25, -0.2) is 0 Å². The summed E-state index contributed by atoms with van der Waals surface area (Å²) >= 11 is 0. The second-order valence-corrected chi connectivity index (χ2v) is 9.97. The third-order valence-electron chi connectivity index (χ3n) is 8.88. The van der Waals surface area contributed by atoms with E-state index in [-0.39, 0.29) is 12.0 Å². The maximum Gasteiger partial charge on any atom is 0.208 e. The summed E-state index contributed by atoms with van der Waals surface area (Å²) < 4.78 is 5.80. The van der Waals surface area contributed by atoms with Gasteiger partial charge in [-0.3, -0.25) is 4.79 Å². The number of carbonyl (C=O) groups excluding carboxylic acids is 1. The number of hydrogen-bond donors (Lipinski definition) is 4. The molecule has 0 radical (unpaired) electrons. The van der Waals surface area contributed by atoms with E-state index in [1.165, 1.54) is 0 Å². The van der Waals surface area contributed by atoms with Crippen molar-refractivity contribution >= 4 is 5.78 Å². The number of ketones is 1. The monoisotopic (exact) mass is 364 g/mol. The number of aliphatic hydroxyl groups excluding tert-OH is 3. The van der Waals surface area contributed by atoms with Gasteiger partial charge in [0, 0.05) is 17.3 Å². The van der Waals surface area contributed by atoms with E-state index in [0.29, 0.717) is 24.8 Å². The number of rotatable bonds is 0. The van der Waals surface area contributed by atoms with Crippen LogP contribution in [0.2, 0.25) is 0 Å². The van der Waals surface area contributed by atoms with Crippen molar-refractivity contribution in [3.8, 4) is 0 Å². The highest BCUT2D eigenvalue weighted by atomic mass is 16.6. The van der Waals surface area contributed by atoms with E-state index in [4.69, 9.17) is 4.74 Å². The average molecular weight is 364 g/mol. The van der Waals surface area contributed by atoms with Crippen molar-refractivity contribution in [2.75, 3.05) is 6.61 Å². The normalized spacial score (nSPS) is 59.9. The lowest BCUT2D eigenvalue weighted by molar-refractivity contribution is -0.458. The molecule has 2 spiro atoms. The van der Waals surface area contributed by atoms with Crippen LogP contribution in [0.15, 0.2) is 12.2 Å². The zero-order valence-electron chi connectivity index (χ0n) is 15.3. The van der Waals surface area contributed by atoms with Gasteiger partial charge in [0.15, 0.2) is 5.78 Å². The van der Waals surface area contributed by atoms with Gasteiger partial charge in [0.2, 0.25) is 5.79 Å². The third kappa shape index (κ3) is 1.41. The van der Waals surface area contributed by atoms with Crippen molar-refractivity contribution in [3.05, 3.63) is 12.2 Å². The average Bonchev–Trinajstić information content (AvgIpc) is 2.69. The molecule has 0 aromatic heterocycles. The number of ether oxygens (including phenoxy) is 1. The summed E-state index contributed by atoms with van der Waals surface area (Å²) in [6.45, 7) is 8.07. The van der Waals surface area contributed by atoms with Crippen LogP contribution in [0, 0.1) is 34.0 Å². The number of carbonyl (C=O) groups is 1. The fourth-order valence-electron chi connectivity index (χ4n) is 7.90. The summed E-state index contributed by atoms with van der Waals surface area (Å²) in [6, 6.07) is 0. The predicted octanol–water partition coefficient (Wildman–Crippen LogP) is 0.376. The first-order chi connectivity index (χ1) is 12.1. The minimum absolute atomic E-state index is 0.0966. The summed E-state index contributed by atoms with van der Waals surface area (Å²) in [6.07, 6.45) is -0.747. The van der Waals surface area contributed by atoms with Crippen molar-refractivity contribution < 1.29 is 30.0 Å². The highest BCUT2D eigenvalue weighted by Crippen LogP contribution is 2.76. The van der Waals surface area contributed by atoms with Crippen LogP contribution in [0.4, 0.5) is 0 Å². The summed E-state index contributed by atoms with van der Waals surface area (Å²) in [5.74, 6) is -3.80. The molecule has 0 aromatic carbocycles. The van der Waals surface area contributed by atoms with Crippen molar-refractivity contribution in [2.45, 2.75) is 63.6 Å². The first-order valence-electron chi connectivity index (χ1n) is 9.71. The molecule has 9 atom stereocenters. The Balaban J connectivity index is 1.81. The number of hydrogen-bond acceptors (Lipinski definition) is 6. The molecule has 2 saturated heterocycles. The van der Waals surface area contributed by atoms with Crippen LogP contribution in [-0.4, -0.2) is 56.9 Å². The Kier molecular flexibility index (Phi) is 3.07. The van der Waals surface area contributed by atoms with Crippen LogP contribution < -0.4 is 0 Å². The quantitative estimate of drug-likeness (QED) is 0.463. The number of Topliss-reactive ketones (excluding diaryl/α,β-unsaturated/α-hetero) is 1. The van der Waals surface area contributed by atoms with Crippen molar-refractivity contribution in [2.24, 2.45) is 34.0 Å². The molecule has 6 rings (SSSR count). The molecule has 4 bridgehead atoms. The standard InChI is InChI=1S/C20H28O6/c1-9-10-4-5-11-18-8-26-20(25,19(11,14(9)22)15(10)23)16(24)13(18)17(2,3)7-6-12(18)21/h10-13,15-16,21,23-25H,1,4-8H2,2-3H3/t10-,11-,12-,13-,15+,16+,18-,19-,20+/m1/s1. The molecular formula is C20H28O6. The first kappa shape index (κ1) is 17.3. The molecule has 0 unspecified atom stereocenters. The van der Waals surface area contributed by atoms with Crippen LogP contribution in [0.1, 0.15) is 39.5 Å². The van der Waals surface area contributed by atoms with Crippen molar-refractivity contribution in [1.82, 2.24) is 0 Å². The van der Waals surface area contributed by atoms with Crippen LogP contribution in [0.3, 0.4) is 0 Å². The SMILES string of the molecule is C=C1C(=O)[C@]23[C@H](CC[C@H]1[C@@H]2O)[C@@]12CO[C@@]3(O)[C@@H](O)[C@@H]1C(C)(C)CC[C@H]2O. The van der Waals surface area contributed by atoms with Crippen molar-refractivity contribution in [3.63, 3.8) is 0 Å². The van der Waals surface area contributed by atoms with E-state index >= 15 is 0 Å². The summed E-state index contributed by atoms with van der Waals surface area (Å²) in [7, 11) is 0. The zero-order chi connectivity index (χ0) is 18.9. The molecule has 26 heavy (non-hydrogen) atoms. The Morgan fingerprint density at radius 3 is 2.50 bits per heavy atom. The highest BCUT2D eigenvalue weighted by molar-refractivity contribution is 6.05. The lowest BCUT2D eigenvalue weighted by atomic mass is 9.35. The van der Waals surface area contributed by atoms with Gasteiger partial charge < -0.3 is 25.2 Å². The van der Waals surface area contributed by atoms with Gasteiger partial charge >= 0.3 is 0 Å². The van der Waals surface area contributed by atoms with Gasteiger partial charge in [0.05, 0.1) is 18.8 Å². The lowest BCUT2D eigenvalue weighted by Crippen LogP contribution is -2.85. The van der Waals surface area contributed by atoms with Crippen LogP contribution in [0.25, 0.3) is 0 Å². The van der Waals surface area contributed by atoms with E-state index < -0.39 is 58.5 Å². The fourth-order valence-corrected chi connectivity index (χ4v) is 7.90. The van der Waals surface area contributed by atoms with Gasteiger partial charge in [0.25, 0.3) is 0 Å². The molecule has 0 aromatic rings. The van der Waals surface area contributed by atoms with Crippen LogP contribution >= 0.6 is 0 Å². The molecule has 6 aliphatic rings. The molecule has 4 N–H and O–H groups in total. The second kappa shape index (κ2) is 4.61. The minimum Gasteiger partial charge on any atom is -0.392 e. The lowest BCUT2D eigenvalue weighted by Gasteiger charge is -2.74. The van der Waals surface area contributed by atoms with Crippen LogP contribution in [0.5, 0.6) is 0 Å². The Bertz CT molecular complexity index is 717. The molecule has 4 saturated carbocycles. The van der Waals surface area contributed by atoms with Gasteiger partial charge in [0.1, 0.15) is 11.5 Å². The zero-order valence-corrected chi connectivity index (χ0v) is 15.3. The summed E-state index contributed by atoms with van der Waals surface area (Å²) in [5.41, 5.74) is -2.49. The predicted molar refractivity (Wildman–Crippen MR) is 90.7 cm³/mol. The van der Waals surface area contributed by atoms with Gasteiger partial charge in [-0.1, -0.05) is 20.4 Å². The first-order valence-corrected chi connectivity index (χ1v) is 9.71. The Labute approximate surface area is 152 Å². The highest BCUT2D eigenvalue weighted by Gasteiger charge is 2.86. The Morgan fingerprint density at radius 2 is 1.81 bits per heavy atom. The topological polar surface area (TPSA) is 107 Å². The van der Waals surface area contributed by atoms with E-state index in [1.54, 1.807) is 0 Å². The molecule has 144 valence electrons. The van der Waals surface area contributed by atoms with E-state index in [1.807, 2.05) is 13.8 Å². The van der Waals surface area contributed by atoms with Gasteiger partial charge in [-0.2, -0.15) is 0 Å². The molecule has 0 amide bonds. The largest absolute Gasteiger partial charge is 0.392 e. The molecule has 4 aliphatic carbocycles. The Morgan fingerprint density at radius 1 is 1.12 bits per heavy atom. The maximum atomic E-state index is 13.3. The number of fused-ring (bicyclic) bond motifs is 2. The van der Waals surface area contributed by atoms with E-state index in [9.17, 15) is 25.2 Å². The van der Waals surface area contributed by atoms with Gasteiger partial charge in [-0.15, -0.1) is 0 Å². The molecular weight excluding hydrogens is 336 g/mol. The van der Waals surface area contributed by atoms with Gasteiger partial charge in [-0.05, 0) is 42.6 Å². The van der Waals surface area contributed by atoms with E-state index in [0.717, 1.165) is 6.42 Å². The fraction of sp³-hybridized carbons (Fsp3) is 0.850. The minimum atomic E-state index is -2.15.